The summed E-state index contributed by atoms with van der Waals surface area (Å²) in [6.45, 7) is 2.57. The highest BCUT2D eigenvalue weighted by Gasteiger charge is 2.29. The largest absolute Gasteiger partial charge is 0.350 e. The number of carbonyl (C=O) groups excluding carboxylic acids is 2. The van der Waals surface area contributed by atoms with E-state index in [2.05, 4.69) is 46.7 Å². The van der Waals surface area contributed by atoms with Gasteiger partial charge in [-0.05, 0) is 57.6 Å². The van der Waals surface area contributed by atoms with Gasteiger partial charge in [-0.2, -0.15) is 0 Å². The number of nitrogens with zero attached hydrogens (tertiary/aromatic N) is 1. The van der Waals surface area contributed by atoms with E-state index in [4.69, 9.17) is 0 Å². The van der Waals surface area contributed by atoms with Crippen molar-refractivity contribution in [1.82, 2.24) is 10.2 Å². The van der Waals surface area contributed by atoms with Gasteiger partial charge in [0, 0.05) is 23.7 Å². The van der Waals surface area contributed by atoms with Gasteiger partial charge < -0.3 is 15.5 Å². The zero-order valence-electron chi connectivity index (χ0n) is 16.2. The Kier molecular flexibility index (Phi) is 5.91. The van der Waals surface area contributed by atoms with Crippen LogP contribution in [0.4, 0.5) is 5.69 Å². The summed E-state index contributed by atoms with van der Waals surface area (Å²) in [5.41, 5.74) is 3.59. The minimum absolute atomic E-state index is 0.0413. The van der Waals surface area contributed by atoms with Gasteiger partial charge in [0.15, 0.2) is 0 Å². The summed E-state index contributed by atoms with van der Waals surface area (Å²) in [5.74, 6) is 0.0360. The molecule has 1 atom stereocenters. The smallest absolute Gasteiger partial charge is 0.251 e. The van der Waals surface area contributed by atoms with Crippen LogP contribution in [0.1, 0.15) is 40.4 Å². The van der Waals surface area contributed by atoms with Gasteiger partial charge in [0.1, 0.15) is 0 Å². The van der Waals surface area contributed by atoms with Crippen molar-refractivity contribution in [1.29, 1.82) is 0 Å². The van der Waals surface area contributed by atoms with Gasteiger partial charge >= 0.3 is 0 Å². The first kappa shape index (κ1) is 19.1. The van der Waals surface area contributed by atoms with Crippen LogP contribution in [0.2, 0.25) is 0 Å². The van der Waals surface area contributed by atoms with E-state index < -0.39 is 0 Å². The molecule has 0 spiro atoms. The van der Waals surface area contributed by atoms with Crippen LogP contribution in [-0.2, 0) is 4.79 Å². The Bertz CT molecular complexity index is 811. The molecule has 1 aliphatic rings. The Hall–Kier alpha value is -2.66. The quantitative estimate of drug-likeness (QED) is 0.791. The van der Waals surface area contributed by atoms with E-state index in [1.54, 1.807) is 18.2 Å². The van der Waals surface area contributed by atoms with Crippen molar-refractivity contribution < 1.29 is 9.59 Å². The molecule has 2 amide bonds. The minimum atomic E-state index is -0.142. The number of anilines is 1. The van der Waals surface area contributed by atoms with Crippen molar-refractivity contribution in [3.8, 4) is 0 Å². The predicted octanol–water partition coefficient (Wildman–Crippen LogP) is 3.38. The second kappa shape index (κ2) is 8.35. The third-order valence-electron chi connectivity index (χ3n) is 4.88. The summed E-state index contributed by atoms with van der Waals surface area (Å²) >= 11 is 0. The number of aryl methyl sites for hydroxylation is 1. The summed E-state index contributed by atoms with van der Waals surface area (Å²) in [7, 11) is 4.01. The molecule has 5 heteroatoms. The second-order valence-electron chi connectivity index (χ2n) is 7.44. The van der Waals surface area contributed by atoms with E-state index in [0.717, 1.165) is 18.4 Å². The van der Waals surface area contributed by atoms with E-state index in [1.807, 2.05) is 20.2 Å². The fourth-order valence-corrected chi connectivity index (χ4v) is 3.01. The van der Waals surface area contributed by atoms with Crippen LogP contribution in [0.25, 0.3) is 0 Å². The third kappa shape index (κ3) is 5.17. The Morgan fingerprint density at radius 3 is 2.44 bits per heavy atom. The van der Waals surface area contributed by atoms with Crippen LogP contribution in [0.3, 0.4) is 0 Å². The van der Waals surface area contributed by atoms with Crippen LogP contribution in [-0.4, -0.2) is 37.4 Å². The molecule has 142 valence electrons. The Morgan fingerprint density at radius 1 is 1.11 bits per heavy atom. The molecule has 2 N–H and O–H groups in total. The second-order valence-corrected chi connectivity index (χ2v) is 7.44. The summed E-state index contributed by atoms with van der Waals surface area (Å²) in [6.07, 6.45) is 1.91. The summed E-state index contributed by atoms with van der Waals surface area (Å²) in [5, 5.41) is 5.90. The fraction of sp³-hybridized carbons (Fsp3) is 0.364. The molecule has 5 nitrogen and oxygen atoms in total. The molecule has 2 aromatic rings. The van der Waals surface area contributed by atoms with Crippen molar-refractivity contribution in [2.45, 2.75) is 25.8 Å². The van der Waals surface area contributed by atoms with Gasteiger partial charge in [0.05, 0.1) is 6.04 Å². The molecule has 0 saturated heterocycles. The highest BCUT2D eigenvalue weighted by molar-refractivity contribution is 5.98. The lowest BCUT2D eigenvalue weighted by molar-refractivity contribution is -0.117. The number of benzene rings is 2. The molecule has 3 rings (SSSR count). The Labute approximate surface area is 160 Å². The van der Waals surface area contributed by atoms with Crippen LogP contribution in [0.5, 0.6) is 0 Å². The number of likely N-dealkylation sites (N-methyl/N-ethyl adjacent to an activating group) is 1. The van der Waals surface area contributed by atoms with E-state index >= 15 is 0 Å². The van der Waals surface area contributed by atoms with E-state index in [-0.39, 0.29) is 23.8 Å². The lowest BCUT2D eigenvalue weighted by atomic mass is 10.0. The lowest BCUT2D eigenvalue weighted by Crippen LogP contribution is -2.34. The monoisotopic (exact) mass is 365 g/mol. The maximum absolute atomic E-state index is 12.6. The summed E-state index contributed by atoms with van der Waals surface area (Å²) in [6, 6.07) is 15.5. The summed E-state index contributed by atoms with van der Waals surface area (Å²) < 4.78 is 0. The molecular weight excluding hydrogens is 338 g/mol. The average molecular weight is 365 g/mol. The van der Waals surface area contributed by atoms with E-state index in [9.17, 15) is 9.59 Å². The van der Waals surface area contributed by atoms with Crippen molar-refractivity contribution in [3.05, 3.63) is 65.2 Å². The van der Waals surface area contributed by atoms with Gasteiger partial charge in [-0.25, -0.2) is 0 Å². The highest BCUT2D eigenvalue weighted by Crippen LogP contribution is 2.30. The first-order valence-electron chi connectivity index (χ1n) is 9.36. The number of amides is 2. The number of rotatable bonds is 7. The van der Waals surface area contributed by atoms with E-state index in [1.165, 1.54) is 5.56 Å². The SMILES string of the molecule is Cc1ccc(C(CNC(=O)c2cccc(NC(=O)C3CC3)c2)N(C)C)cc1. The van der Waals surface area contributed by atoms with Crippen LogP contribution >= 0.6 is 0 Å². The zero-order valence-corrected chi connectivity index (χ0v) is 16.2. The molecule has 0 radical (unpaired) electrons. The molecule has 1 saturated carbocycles. The Morgan fingerprint density at radius 2 is 1.81 bits per heavy atom. The van der Waals surface area contributed by atoms with Crippen molar-refractivity contribution in [2.24, 2.45) is 5.92 Å². The first-order chi connectivity index (χ1) is 12.9. The molecule has 0 aliphatic heterocycles. The third-order valence-corrected chi connectivity index (χ3v) is 4.88. The van der Waals surface area contributed by atoms with Crippen LogP contribution in [0.15, 0.2) is 48.5 Å². The molecule has 0 bridgehead atoms. The fourth-order valence-electron chi connectivity index (χ4n) is 3.01. The van der Waals surface area contributed by atoms with Gasteiger partial charge in [-0.1, -0.05) is 35.9 Å². The molecule has 1 aliphatic carbocycles. The molecule has 1 unspecified atom stereocenters. The normalized spacial score (nSPS) is 14.7. The molecule has 1 fully saturated rings. The predicted molar refractivity (Wildman–Crippen MR) is 108 cm³/mol. The van der Waals surface area contributed by atoms with Crippen LogP contribution < -0.4 is 10.6 Å². The van der Waals surface area contributed by atoms with Gasteiger partial charge in [-0.15, -0.1) is 0 Å². The number of carbonyl (C=O) groups is 2. The molecule has 27 heavy (non-hydrogen) atoms. The average Bonchev–Trinajstić information content (AvgIpc) is 3.48. The number of nitrogens with one attached hydrogen (secondary N) is 2. The molecular formula is C22H27N3O2. The van der Waals surface area contributed by atoms with Crippen LogP contribution in [0, 0.1) is 12.8 Å². The van der Waals surface area contributed by atoms with Gasteiger partial charge in [0.25, 0.3) is 5.91 Å². The number of hydrogen-bond acceptors (Lipinski definition) is 3. The maximum atomic E-state index is 12.6. The van der Waals surface area contributed by atoms with Crippen molar-refractivity contribution in [3.63, 3.8) is 0 Å². The zero-order chi connectivity index (χ0) is 19.4. The van der Waals surface area contributed by atoms with E-state index in [0.29, 0.717) is 17.8 Å². The molecule has 0 heterocycles. The minimum Gasteiger partial charge on any atom is -0.350 e. The number of hydrogen-bond donors (Lipinski definition) is 2. The first-order valence-corrected chi connectivity index (χ1v) is 9.36. The van der Waals surface area contributed by atoms with Crippen molar-refractivity contribution in [2.75, 3.05) is 26.0 Å². The lowest BCUT2D eigenvalue weighted by Gasteiger charge is -2.25. The topological polar surface area (TPSA) is 61.4 Å². The molecule has 2 aromatic carbocycles. The molecule has 0 aromatic heterocycles. The highest BCUT2D eigenvalue weighted by atomic mass is 16.2. The Balaban J connectivity index is 1.63. The summed E-state index contributed by atoms with van der Waals surface area (Å²) in [4.78, 5) is 26.6. The van der Waals surface area contributed by atoms with Gasteiger partial charge in [-0.3, -0.25) is 9.59 Å². The van der Waals surface area contributed by atoms with Gasteiger partial charge in [0.2, 0.25) is 5.91 Å². The maximum Gasteiger partial charge on any atom is 0.251 e. The standard InChI is InChI=1S/C22H27N3O2/c1-15-7-9-16(10-8-15)20(25(2)3)14-23-21(26)18-5-4-6-19(13-18)24-22(27)17-11-12-17/h4-10,13,17,20H,11-12,14H2,1-3H3,(H,23,26)(H,24,27). The van der Waals surface area contributed by atoms with Crippen molar-refractivity contribution >= 4 is 17.5 Å².